The summed E-state index contributed by atoms with van der Waals surface area (Å²) in [5.74, 6) is 1.47. The molecule has 2 aromatic rings. The number of nitrogens with zero attached hydrogens (tertiary/aromatic N) is 5. The van der Waals surface area contributed by atoms with E-state index in [-0.39, 0.29) is 6.10 Å². The Hall–Kier alpha value is -3.26. The van der Waals surface area contributed by atoms with Gasteiger partial charge in [0.1, 0.15) is 29.3 Å². The number of carbonyl (C=O) groups excluding carboxylic acids is 1. The molecule has 0 radical (unpaired) electrons. The lowest BCUT2D eigenvalue weighted by molar-refractivity contribution is -0.108. The molecule has 184 valence electrons. The van der Waals surface area contributed by atoms with Crippen LogP contribution in [0.5, 0.6) is 5.75 Å². The zero-order valence-corrected chi connectivity index (χ0v) is 20.0. The smallest absolute Gasteiger partial charge is 0.321 e. The molecule has 0 aromatic carbocycles. The van der Waals surface area contributed by atoms with Crippen LogP contribution in [0.3, 0.4) is 0 Å². The highest BCUT2D eigenvalue weighted by Gasteiger charge is 2.37. The van der Waals surface area contributed by atoms with Crippen molar-refractivity contribution in [1.29, 1.82) is 5.26 Å². The Morgan fingerprint density at radius 3 is 2.63 bits per heavy atom. The third-order valence-electron chi connectivity index (χ3n) is 7.34. The van der Waals surface area contributed by atoms with Gasteiger partial charge in [-0.2, -0.15) is 5.26 Å². The molecule has 0 aliphatic carbocycles. The van der Waals surface area contributed by atoms with Gasteiger partial charge in [-0.25, -0.2) is 9.78 Å². The molecule has 3 fully saturated rings. The van der Waals surface area contributed by atoms with Crippen molar-refractivity contribution in [2.75, 3.05) is 38.8 Å². The van der Waals surface area contributed by atoms with Gasteiger partial charge in [0, 0.05) is 33.0 Å². The first-order valence-electron chi connectivity index (χ1n) is 12.0. The third-order valence-corrected chi connectivity index (χ3v) is 7.34. The highest BCUT2D eigenvalue weighted by atomic mass is 16.7. The number of methoxy groups -OCH3 is 2. The average molecular weight is 479 g/mol. The fourth-order valence-electron chi connectivity index (χ4n) is 5.49. The number of aromatic nitrogens is 2. The zero-order chi connectivity index (χ0) is 24.5. The van der Waals surface area contributed by atoms with Crippen molar-refractivity contribution < 1.29 is 19.0 Å². The van der Waals surface area contributed by atoms with E-state index in [9.17, 15) is 10.1 Å². The molecule has 0 saturated carbocycles. The van der Waals surface area contributed by atoms with Gasteiger partial charge in [0.25, 0.3) is 0 Å². The molecule has 6 heterocycles. The molecule has 0 spiro atoms. The van der Waals surface area contributed by atoms with E-state index in [1.807, 2.05) is 12.1 Å². The molecule has 10 heteroatoms. The molecule has 2 bridgehead atoms. The van der Waals surface area contributed by atoms with Gasteiger partial charge in [0.05, 0.1) is 17.4 Å². The lowest BCUT2D eigenvalue weighted by atomic mass is 9.86. The summed E-state index contributed by atoms with van der Waals surface area (Å²) in [7, 11) is 3.06. The number of aryl methyl sites for hydroxylation is 1. The van der Waals surface area contributed by atoms with E-state index in [1.165, 1.54) is 25.3 Å². The predicted molar refractivity (Wildman–Crippen MR) is 127 cm³/mol. The molecule has 2 unspecified atom stereocenters. The van der Waals surface area contributed by atoms with E-state index >= 15 is 0 Å². The van der Waals surface area contributed by atoms with E-state index < -0.39 is 18.4 Å². The van der Waals surface area contributed by atoms with Crippen LogP contribution in [0.25, 0.3) is 0 Å². The van der Waals surface area contributed by atoms with Crippen LogP contribution in [0.1, 0.15) is 54.1 Å². The molecule has 2 N–H and O–H groups in total. The van der Waals surface area contributed by atoms with Gasteiger partial charge >= 0.3 is 6.03 Å². The molecule has 2 aromatic heterocycles. The topological polar surface area (TPSA) is 127 Å². The minimum atomic E-state index is -0.662. The van der Waals surface area contributed by atoms with E-state index in [4.69, 9.17) is 19.9 Å². The molecule has 6 rings (SSSR count). The predicted octanol–water partition coefficient (Wildman–Crippen LogP) is 2.69. The number of nitriles is 1. The number of primary amides is 1. The van der Waals surface area contributed by atoms with Gasteiger partial charge in [-0.3, -0.25) is 14.8 Å². The standard InChI is InChI=1S/C25H30N6O4/c1-33-24(34-2)18-5-3-16-4-6-20(31(25(27)32)23(16)29-18)19-11-21(17(12-26)13-28-19)35-22-14-30-9-7-15(22)8-10-30/h3,5,11,13,15,20,22,24H,4,6-10,14H2,1-2H3,(H2,27,32). The highest BCUT2D eigenvalue weighted by Crippen LogP contribution is 2.39. The maximum atomic E-state index is 12.7. The number of piperidine rings is 3. The Bertz CT molecular complexity index is 1140. The number of carbonyl (C=O) groups is 1. The Morgan fingerprint density at radius 2 is 2.00 bits per heavy atom. The molecule has 2 amide bonds. The highest BCUT2D eigenvalue weighted by molar-refractivity contribution is 5.91. The molecule has 3 saturated heterocycles. The second kappa shape index (κ2) is 9.77. The maximum absolute atomic E-state index is 12.7. The number of hydrogen-bond acceptors (Lipinski definition) is 8. The van der Waals surface area contributed by atoms with Crippen molar-refractivity contribution in [3.63, 3.8) is 0 Å². The minimum absolute atomic E-state index is 0.0448. The van der Waals surface area contributed by atoms with Crippen LogP contribution >= 0.6 is 0 Å². The molecular weight excluding hydrogens is 448 g/mol. The van der Waals surface area contributed by atoms with Gasteiger partial charge in [0.2, 0.25) is 6.29 Å². The van der Waals surface area contributed by atoms with Crippen LogP contribution < -0.4 is 15.4 Å². The van der Waals surface area contributed by atoms with Crippen molar-refractivity contribution in [3.8, 4) is 11.8 Å². The number of urea groups is 1. The summed E-state index contributed by atoms with van der Waals surface area (Å²) in [5, 5.41) is 9.68. The van der Waals surface area contributed by atoms with Gasteiger partial charge in [-0.15, -0.1) is 0 Å². The fourth-order valence-corrected chi connectivity index (χ4v) is 5.49. The number of ether oxygens (including phenoxy) is 3. The van der Waals surface area contributed by atoms with Crippen molar-refractivity contribution in [2.45, 2.75) is 44.1 Å². The number of nitrogens with two attached hydrogens (primary N) is 1. The lowest BCUT2D eigenvalue weighted by Gasteiger charge is -2.44. The molecule has 2 atom stereocenters. The van der Waals surface area contributed by atoms with Crippen LogP contribution in [-0.4, -0.2) is 60.9 Å². The average Bonchev–Trinajstić information content (AvgIpc) is 2.89. The first-order valence-corrected chi connectivity index (χ1v) is 12.0. The Labute approximate surface area is 204 Å². The number of amides is 2. The van der Waals surface area contributed by atoms with E-state index in [2.05, 4.69) is 20.9 Å². The quantitative estimate of drug-likeness (QED) is 0.628. The van der Waals surface area contributed by atoms with E-state index in [1.54, 1.807) is 6.07 Å². The molecule has 4 aliphatic rings. The first kappa shape index (κ1) is 23.5. The van der Waals surface area contributed by atoms with Crippen LogP contribution in [0.15, 0.2) is 24.4 Å². The second-order valence-corrected chi connectivity index (χ2v) is 9.30. The van der Waals surface area contributed by atoms with Crippen molar-refractivity contribution in [1.82, 2.24) is 14.9 Å². The van der Waals surface area contributed by atoms with Crippen LogP contribution in [0.4, 0.5) is 10.6 Å². The Morgan fingerprint density at radius 1 is 1.23 bits per heavy atom. The summed E-state index contributed by atoms with van der Waals surface area (Å²) in [6.07, 6.45) is 4.44. The summed E-state index contributed by atoms with van der Waals surface area (Å²) < 4.78 is 17.1. The zero-order valence-electron chi connectivity index (χ0n) is 20.0. The fraction of sp³-hybridized carbons (Fsp3) is 0.520. The molecule has 35 heavy (non-hydrogen) atoms. The van der Waals surface area contributed by atoms with E-state index in [0.29, 0.717) is 47.3 Å². The Balaban J connectivity index is 1.47. The summed E-state index contributed by atoms with van der Waals surface area (Å²) >= 11 is 0. The molecule has 4 aliphatic heterocycles. The molecule has 10 nitrogen and oxygen atoms in total. The number of fused-ring (bicyclic) bond motifs is 4. The SMILES string of the molecule is COC(OC)c1ccc2c(n1)N(C(N)=O)C(c1cc(OC3CN4CCC3CC4)c(C#N)cn1)CC2. The van der Waals surface area contributed by atoms with E-state index in [0.717, 1.165) is 38.0 Å². The van der Waals surface area contributed by atoms with Crippen LogP contribution in [-0.2, 0) is 15.9 Å². The first-order chi connectivity index (χ1) is 17.0. The van der Waals surface area contributed by atoms with Crippen molar-refractivity contribution in [3.05, 3.63) is 46.9 Å². The van der Waals surface area contributed by atoms with Gasteiger partial charge in [-0.05, 0) is 56.3 Å². The number of hydrogen-bond donors (Lipinski definition) is 1. The summed E-state index contributed by atoms with van der Waals surface area (Å²) in [6, 6.07) is 6.67. The van der Waals surface area contributed by atoms with Gasteiger partial charge in [0.15, 0.2) is 0 Å². The normalized spacial score (nSPS) is 25.3. The number of anilines is 1. The molecular formula is C25H30N6O4. The van der Waals surface area contributed by atoms with Crippen LogP contribution in [0, 0.1) is 17.2 Å². The monoisotopic (exact) mass is 478 g/mol. The van der Waals surface area contributed by atoms with Crippen molar-refractivity contribution in [2.24, 2.45) is 11.7 Å². The third kappa shape index (κ3) is 4.43. The largest absolute Gasteiger partial charge is 0.487 e. The van der Waals surface area contributed by atoms with Crippen LogP contribution in [0.2, 0.25) is 0 Å². The minimum Gasteiger partial charge on any atom is -0.487 e. The van der Waals surface area contributed by atoms with Crippen molar-refractivity contribution >= 4 is 11.8 Å². The number of pyridine rings is 2. The second-order valence-electron chi connectivity index (χ2n) is 9.30. The summed E-state index contributed by atoms with van der Waals surface area (Å²) in [6.45, 7) is 3.08. The summed E-state index contributed by atoms with van der Waals surface area (Å²) in [5.41, 5.74) is 8.31. The van der Waals surface area contributed by atoms with Gasteiger partial charge < -0.3 is 19.9 Å². The maximum Gasteiger partial charge on any atom is 0.321 e. The summed E-state index contributed by atoms with van der Waals surface area (Å²) in [4.78, 5) is 25.7. The Kier molecular flexibility index (Phi) is 6.56. The van der Waals surface area contributed by atoms with Gasteiger partial charge in [-0.1, -0.05) is 6.07 Å². The number of rotatable bonds is 6. The lowest BCUT2D eigenvalue weighted by Crippen LogP contribution is -2.52.